The van der Waals surface area contributed by atoms with E-state index in [9.17, 15) is 4.79 Å². The van der Waals surface area contributed by atoms with E-state index >= 15 is 0 Å². The fourth-order valence-corrected chi connectivity index (χ4v) is 2.85. The van der Waals surface area contributed by atoms with Gasteiger partial charge in [0.25, 0.3) is 5.91 Å². The minimum atomic E-state index is -0.217. The lowest BCUT2D eigenvalue weighted by atomic mass is 10.1. The van der Waals surface area contributed by atoms with E-state index in [1.165, 1.54) is 5.56 Å². The van der Waals surface area contributed by atoms with Crippen molar-refractivity contribution in [3.05, 3.63) is 88.7 Å². The van der Waals surface area contributed by atoms with Crippen molar-refractivity contribution in [3.63, 3.8) is 0 Å². The molecule has 1 amide bonds. The first kappa shape index (κ1) is 18.9. The Hall–Kier alpha value is -2.92. The molecule has 0 fully saturated rings. The van der Waals surface area contributed by atoms with Crippen LogP contribution in [0.2, 0.25) is 5.02 Å². The zero-order valence-electron chi connectivity index (χ0n) is 14.9. The Morgan fingerprint density at radius 2 is 1.70 bits per heavy atom. The number of benzene rings is 2. The van der Waals surface area contributed by atoms with Crippen LogP contribution in [0.5, 0.6) is 0 Å². The molecule has 27 heavy (non-hydrogen) atoms. The molecule has 6 heteroatoms. The fraction of sp³-hybridized carbons (Fsp3) is 0.190. The summed E-state index contributed by atoms with van der Waals surface area (Å²) in [6.45, 7) is 1.21. The molecule has 138 valence electrons. The molecule has 2 aromatic carbocycles. The number of nitrogens with one attached hydrogen (secondary N) is 2. The lowest BCUT2D eigenvalue weighted by Crippen LogP contribution is -2.27. The van der Waals surface area contributed by atoms with Gasteiger partial charge in [0.2, 0.25) is 5.95 Å². The molecule has 0 spiro atoms. The maximum absolute atomic E-state index is 12.3. The van der Waals surface area contributed by atoms with Crippen molar-refractivity contribution in [3.8, 4) is 0 Å². The lowest BCUT2D eigenvalue weighted by molar-refractivity contribution is 0.0949. The molecule has 0 saturated carbocycles. The van der Waals surface area contributed by atoms with Gasteiger partial charge < -0.3 is 10.6 Å². The molecule has 0 saturated heterocycles. The van der Waals surface area contributed by atoms with Crippen LogP contribution in [0.3, 0.4) is 0 Å². The van der Waals surface area contributed by atoms with E-state index in [-0.39, 0.29) is 5.91 Å². The van der Waals surface area contributed by atoms with Crippen molar-refractivity contribution in [1.82, 2.24) is 15.3 Å². The topological polar surface area (TPSA) is 66.9 Å². The highest BCUT2D eigenvalue weighted by atomic mass is 35.5. The van der Waals surface area contributed by atoms with Crippen LogP contribution in [-0.4, -0.2) is 29.0 Å². The Kier molecular flexibility index (Phi) is 6.77. The predicted octanol–water partition coefficient (Wildman–Crippen LogP) is 3.76. The SMILES string of the molecule is O=C(NCCc1cccc(Cl)c1)c1ccnc(NCCc2ccccc2)n1. The number of nitrogens with zero attached hydrogens (tertiary/aromatic N) is 2. The summed E-state index contributed by atoms with van der Waals surface area (Å²) in [5.41, 5.74) is 2.66. The summed E-state index contributed by atoms with van der Waals surface area (Å²) >= 11 is 5.97. The molecule has 3 aromatic rings. The Morgan fingerprint density at radius 3 is 2.52 bits per heavy atom. The molecule has 0 aliphatic rings. The van der Waals surface area contributed by atoms with Crippen molar-refractivity contribution < 1.29 is 4.79 Å². The fourth-order valence-electron chi connectivity index (χ4n) is 2.64. The molecular formula is C21H21ClN4O. The highest BCUT2D eigenvalue weighted by Crippen LogP contribution is 2.10. The zero-order chi connectivity index (χ0) is 18.9. The molecule has 0 radical (unpaired) electrons. The summed E-state index contributed by atoms with van der Waals surface area (Å²) in [6, 6.07) is 19.4. The molecule has 1 heterocycles. The van der Waals surface area contributed by atoms with Gasteiger partial charge in [0.15, 0.2) is 0 Å². The predicted molar refractivity (Wildman–Crippen MR) is 108 cm³/mol. The Labute approximate surface area is 163 Å². The Morgan fingerprint density at radius 1 is 0.926 bits per heavy atom. The molecule has 0 unspecified atom stereocenters. The molecule has 3 rings (SSSR count). The summed E-state index contributed by atoms with van der Waals surface area (Å²) in [6.07, 6.45) is 3.16. The number of halogens is 1. The Balaban J connectivity index is 1.48. The van der Waals surface area contributed by atoms with Gasteiger partial charge in [0.1, 0.15) is 5.69 Å². The minimum Gasteiger partial charge on any atom is -0.354 e. The van der Waals surface area contributed by atoms with Gasteiger partial charge in [0, 0.05) is 24.3 Å². The van der Waals surface area contributed by atoms with Gasteiger partial charge in [-0.1, -0.05) is 54.1 Å². The number of anilines is 1. The second-order valence-corrected chi connectivity index (χ2v) is 6.50. The third-order valence-electron chi connectivity index (χ3n) is 4.02. The van der Waals surface area contributed by atoms with Crippen molar-refractivity contribution in [2.75, 3.05) is 18.4 Å². The quantitative estimate of drug-likeness (QED) is 0.624. The van der Waals surface area contributed by atoms with Crippen molar-refractivity contribution in [2.45, 2.75) is 12.8 Å². The summed E-state index contributed by atoms with van der Waals surface area (Å²) in [4.78, 5) is 20.8. The minimum absolute atomic E-state index is 0.217. The van der Waals surface area contributed by atoms with E-state index in [0.717, 1.165) is 12.0 Å². The largest absolute Gasteiger partial charge is 0.354 e. The number of aromatic nitrogens is 2. The normalized spacial score (nSPS) is 10.4. The maximum atomic E-state index is 12.3. The molecule has 0 aliphatic heterocycles. The van der Waals surface area contributed by atoms with Gasteiger partial charge in [-0.05, 0) is 42.2 Å². The molecular weight excluding hydrogens is 360 g/mol. The number of carbonyl (C=O) groups excluding carboxylic acids is 1. The van der Waals surface area contributed by atoms with Crippen molar-refractivity contribution in [1.29, 1.82) is 0 Å². The highest BCUT2D eigenvalue weighted by Gasteiger charge is 2.08. The smallest absolute Gasteiger partial charge is 0.270 e. The highest BCUT2D eigenvalue weighted by molar-refractivity contribution is 6.30. The van der Waals surface area contributed by atoms with Crippen LogP contribution in [0.15, 0.2) is 66.9 Å². The average molecular weight is 381 g/mol. The van der Waals surface area contributed by atoms with Crippen LogP contribution in [0.25, 0.3) is 0 Å². The number of amides is 1. The van der Waals surface area contributed by atoms with Crippen molar-refractivity contribution >= 4 is 23.5 Å². The van der Waals surface area contributed by atoms with Gasteiger partial charge >= 0.3 is 0 Å². The van der Waals surface area contributed by atoms with E-state index in [1.807, 2.05) is 42.5 Å². The summed E-state index contributed by atoms with van der Waals surface area (Å²) < 4.78 is 0. The van der Waals surface area contributed by atoms with Crippen LogP contribution in [0, 0.1) is 0 Å². The van der Waals surface area contributed by atoms with Crippen LogP contribution < -0.4 is 10.6 Å². The van der Waals surface area contributed by atoms with Gasteiger partial charge in [-0.2, -0.15) is 0 Å². The maximum Gasteiger partial charge on any atom is 0.270 e. The lowest BCUT2D eigenvalue weighted by Gasteiger charge is -2.08. The van der Waals surface area contributed by atoms with Gasteiger partial charge in [-0.3, -0.25) is 4.79 Å². The standard InChI is InChI=1S/C21H21ClN4O/c22-18-8-4-7-17(15-18)10-12-23-20(27)19-11-14-25-21(26-19)24-13-9-16-5-2-1-3-6-16/h1-8,11,14-15H,9-10,12-13H2,(H,23,27)(H,24,25,26). The number of hydrogen-bond acceptors (Lipinski definition) is 4. The van der Waals surface area contributed by atoms with E-state index in [1.54, 1.807) is 12.3 Å². The van der Waals surface area contributed by atoms with Crippen molar-refractivity contribution in [2.24, 2.45) is 0 Å². The van der Waals surface area contributed by atoms with E-state index in [0.29, 0.717) is 36.2 Å². The third-order valence-corrected chi connectivity index (χ3v) is 4.25. The number of rotatable bonds is 8. The monoisotopic (exact) mass is 380 g/mol. The molecule has 0 bridgehead atoms. The van der Waals surface area contributed by atoms with Crippen LogP contribution in [-0.2, 0) is 12.8 Å². The Bertz CT molecular complexity index is 886. The first-order valence-corrected chi connectivity index (χ1v) is 9.22. The van der Waals surface area contributed by atoms with E-state index in [4.69, 9.17) is 11.6 Å². The average Bonchev–Trinajstić information content (AvgIpc) is 2.69. The molecule has 5 nitrogen and oxygen atoms in total. The molecule has 1 aromatic heterocycles. The van der Waals surface area contributed by atoms with Crippen LogP contribution in [0.1, 0.15) is 21.6 Å². The molecule has 0 aliphatic carbocycles. The number of hydrogen-bond donors (Lipinski definition) is 2. The summed E-state index contributed by atoms with van der Waals surface area (Å²) in [7, 11) is 0. The first-order valence-electron chi connectivity index (χ1n) is 8.84. The van der Waals surface area contributed by atoms with E-state index < -0.39 is 0 Å². The third kappa shape index (κ3) is 6.08. The summed E-state index contributed by atoms with van der Waals surface area (Å²) in [5.74, 6) is 0.235. The second kappa shape index (κ2) is 9.69. The van der Waals surface area contributed by atoms with Gasteiger partial charge in [-0.15, -0.1) is 0 Å². The molecule has 0 atom stereocenters. The van der Waals surface area contributed by atoms with Gasteiger partial charge in [0.05, 0.1) is 0 Å². The second-order valence-electron chi connectivity index (χ2n) is 6.06. The van der Waals surface area contributed by atoms with Gasteiger partial charge in [-0.25, -0.2) is 9.97 Å². The molecule has 2 N–H and O–H groups in total. The van der Waals surface area contributed by atoms with Crippen LogP contribution in [0.4, 0.5) is 5.95 Å². The zero-order valence-corrected chi connectivity index (χ0v) is 15.6. The van der Waals surface area contributed by atoms with Crippen LogP contribution >= 0.6 is 11.6 Å². The number of carbonyl (C=O) groups is 1. The first-order chi connectivity index (χ1) is 13.2. The van der Waals surface area contributed by atoms with E-state index in [2.05, 4.69) is 32.7 Å². The summed E-state index contributed by atoms with van der Waals surface area (Å²) in [5, 5.41) is 6.73.